The summed E-state index contributed by atoms with van der Waals surface area (Å²) in [7, 11) is 0. The van der Waals surface area contributed by atoms with Crippen LogP contribution in [-0.2, 0) is 0 Å². The van der Waals surface area contributed by atoms with Crippen molar-refractivity contribution in [1.29, 1.82) is 0 Å². The van der Waals surface area contributed by atoms with Gasteiger partial charge in [-0.2, -0.15) is 0 Å². The number of nitrogens with zero attached hydrogens (tertiary/aromatic N) is 3. The summed E-state index contributed by atoms with van der Waals surface area (Å²) in [5, 5.41) is 8.85. The van der Waals surface area contributed by atoms with Crippen LogP contribution >= 0.6 is 0 Å². The van der Waals surface area contributed by atoms with Crippen LogP contribution in [-0.4, -0.2) is 43.9 Å². The Kier molecular flexibility index (Phi) is 4.09. The van der Waals surface area contributed by atoms with Crippen molar-refractivity contribution in [3.05, 3.63) is 23.8 Å². The van der Waals surface area contributed by atoms with Gasteiger partial charge in [-0.3, -0.25) is 4.79 Å². The molecule has 2 aliphatic rings. The van der Waals surface area contributed by atoms with E-state index < -0.39 is 5.97 Å². The minimum Gasteiger partial charge on any atom is -0.476 e. The molecule has 1 aromatic heterocycles. The largest absolute Gasteiger partial charge is 0.476 e. The molecule has 1 aromatic rings. The lowest BCUT2D eigenvalue weighted by molar-refractivity contribution is 0.0583. The highest BCUT2D eigenvalue weighted by Crippen LogP contribution is 2.36. The zero-order chi connectivity index (χ0) is 15.7. The number of hydrogen-bond donors (Lipinski definition) is 1. The number of amides is 1. The van der Waals surface area contributed by atoms with Crippen LogP contribution in [0, 0.1) is 5.92 Å². The number of rotatable bonds is 4. The topological polar surface area (TPSA) is 83.4 Å². The van der Waals surface area contributed by atoms with Crippen molar-refractivity contribution < 1.29 is 14.7 Å². The summed E-state index contributed by atoms with van der Waals surface area (Å²) in [6.45, 7) is 2.26. The molecule has 1 amide bonds. The van der Waals surface area contributed by atoms with Crippen LogP contribution in [0.1, 0.15) is 66.4 Å². The number of carboxylic acid groups (broad SMARTS) is 1. The van der Waals surface area contributed by atoms with E-state index in [4.69, 9.17) is 5.11 Å². The van der Waals surface area contributed by atoms with Crippen LogP contribution in [0.2, 0.25) is 0 Å². The maximum atomic E-state index is 12.8. The van der Waals surface area contributed by atoms with Crippen LogP contribution in [0.4, 0.5) is 0 Å². The Morgan fingerprint density at radius 1 is 1.00 bits per heavy atom. The number of carboxylic acids is 1. The highest BCUT2D eigenvalue weighted by Gasteiger charge is 2.39. The van der Waals surface area contributed by atoms with Crippen LogP contribution in [0.5, 0.6) is 0 Å². The maximum absolute atomic E-state index is 12.8. The zero-order valence-corrected chi connectivity index (χ0v) is 12.7. The molecular formula is C16H21N3O3. The second kappa shape index (κ2) is 6.02. The van der Waals surface area contributed by atoms with Gasteiger partial charge in [-0.25, -0.2) is 14.8 Å². The SMILES string of the molecule is CC1CCC(N(C(=O)c2cnc(C(=O)O)cn2)C2CC2)CC1. The summed E-state index contributed by atoms with van der Waals surface area (Å²) in [5.74, 6) is -0.500. The fourth-order valence-electron chi connectivity index (χ4n) is 3.18. The lowest BCUT2D eigenvalue weighted by Crippen LogP contribution is -2.44. The molecule has 0 radical (unpaired) electrons. The highest BCUT2D eigenvalue weighted by atomic mass is 16.4. The fourth-order valence-corrected chi connectivity index (χ4v) is 3.18. The van der Waals surface area contributed by atoms with Gasteiger partial charge in [0.15, 0.2) is 5.69 Å². The van der Waals surface area contributed by atoms with Gasteiger partial charge in [-0.15, -0.1) is 0 Å². The molecule has 1 N–H and O–H groups in total. The van der Waals surface area contributed by atoms with E-state index in [0.717, 1.165) is 50.6 Å². The lowest BCUT2D eigenvalue weighted by Gasteiger charge is -2.36. The van der Waals surface area contributed by atoms with Gasteiger partial charge in [0.1, 0.15) is 5.69 Å². The molecule has 0 spiro atoms. The van der Waals surface area contributed by atoms with Crippen molar-refractivity contribution in [1.82, 2.24) is 14.9 Å². The van der Waals surface area contributed by atoms with Gasteiger partial charge in [0.2, 0.25) is 0 Å². The van der Waals surface area contributed by atoms with E-state index in [9.17, 15) is 9.59 Å². The smallest absolute Gasteiger partial charge is 0.356 e. The third kappa shape index (κ3) is 3.10. The van der Waals surface area contributed by atoms with Crippen molar-refractivity contribution in [2.75, 3.05) is 0 Å². The molecule has 0 bridgehead atoms. The number of aromatic nitrogens is 2. The quantitative estimate of drug-likeness (QED) is 0.923. The first-order valence-electron chi connectivity index (χ1n) is 7.94. The van der Waals surface area contributed by atoms with Gasteiger partial charge in [0.25, 0.3) is 5.91 Å². The van der Waals surface area contributed by atoms with Gasteiger partial charge < -0.3 is 10.0 Å². The van der Waals surface area contributed by atoms with E-state index >= 15 is 0 Å². The number of hydrogen-bond acceptors (Lipinski definition) is 4. The Hall–Kier alpha value is -1.98. The lowest BCUT2D eigenvalue weighted by atomic mass is 9.86. The van der Waals surface area contributed by atoms with Crippen molar-refractivity contribution in [2.24, 2.45) is 5.92 Å². The second-order valence-electron chi connectivity index (χ2n) is 6.45. The van der Waals surface area contributed by atoms with Gasteiger partial charge in [-0.1, -0.05) is 6.92 Å². The summed E-state index contributed by atoms with van der Waals surface area (Å²) in [6.07, 6.45) is 8.96. The molecule has 2 aliphatic carbocycles. The molecule has 0 atom stereocenters. The first-order valence-corrected chi connectivity index (χ1v) is 7.94. The van der Waals surface area contributed by atoms with E-state index in [1.54, 1.807) is 0 Å². The Bertz CT molecular complexity index is 561. The minimum absolute atomic E-state index is 0.105. The predicted molar refractivity (Wildman–Crippen MR) is 79.6 cm³/mol. The monoisotopic (exact) mass is 303 g/mol. The summed E-state index contributed by atoms with van der Waals surface area (Å²) < 4.78 is 0. The zero-order valence-electron chi connectivity index (χ0n) is 12.7. The minimum atomic E-state index is -1.13. The molecule has 6 heteroatoms. The molecule has 1 heterocycles. The first kappa shape index (κ1) is 14.9. The van der Waals surface area contributed by atoms with Gasteiger partial charge >= 0.3 is 5.97 Å². The van der Waals surface area contributed by atoms with Crippen molar-refractivity contribution in [2.45, 2.75) is 57.5 Å². The van der Waals surface area contributed by atoms with Crippen molar-refractivity contribution >= 4 is 11.9 Å². The van der Waals surface area contributed by atoms with Crippen LogP contribution in [0.3, 0.4) is 0 Å². The summed E-state index contributed by atoms with van der Waals surface area (Å²) in [4.78, 5) is 33.4. The molecule has 0 aromatic carbocycles. The third-order valence-corrected chi connectivity index (χ3v) is 4.64. The van der Waals surface area contributed by atoms with Gasteiger partial charge in [0, 0.05) is 12.1 Å². The van der Waals surface area contributed by atoms with E-state index in [0.29, 0.717) is 6.04 Å². The van der Waals surface area contributed by atoms with Crippen molar-refractivity contribution in [3.8, 4) is 0 Å². The Morgan fingerprint density at radius 2 is 1.50 bits per heavy atom. The summed E-state index contributed by atoms with van der Waals surface area (Å²) >= 11 is 0. The van der Waals surface area contributed by atoms with Crippen molar-refractivity contribution in [3.63, 3.8) is 0 Å². The normalized spacial score (nSPS) is 24.8. The average Bonchev–Trinajstić information content (AvgIpc) is 3.34. The van der Waals surface area contributed by atoms with E-state index in [2.05, 4.69) is 16.9 Å². The molecule has 6 nitrogen and oxygen atoms in total. The van der Waals surface area contributed by atoms with E-state index in [-0.39, 0.29) is 23.3 Å². The molecule has 2 fully saturated rings. The summed E-state index contributed by atoms with van der Waals surface area (Å²) in [5.41, 5.74) is 0.108. The summed E-state index contributed by atoms with van der Waals surface area (Å²) in [6, 6.07) is 0.615. The second-order valence-corrected chi connectivity index (χ2v) is 6.45. The molecule has 0 saturated heterocycles. The van der Waals surface area contributed by atoms with Crippen LogP contribution < -0.4 is 0 Å². The molecule has 0 unspecified atom stereocenters. The Balaban J connectivity index is 1.76. The van der Waals surface area contributed by atoms with E-state index in [1.165, 1.54) is 6.20 Å². The Labute approximate surface area is 129 Å². The van der Waals surface area contributed by atoms with Crippen LogP contribution in [0.15, 0.2) is 12.4 Å². The average molecular weight is 303 g/mol. The number of carbonyl (C=O) groups excluding carboxylic acids is 1. The van der Waals surface area contributed by atoms with Gasteiger partial charge in [-0.05, 0) is 44.4 Å². The maximum Gasteiger partial charge on any atom is 0.356 e. The standard InChI is InChI=1S/C16H21N3O3/c1-10-2-4-11(5-3-10)19(12-6-7-12)15(20)13-8-18-14(9-17-13)16(21)22/h8-12H,2-7H2,1H3,(H,21,22). The highest BCUT2D eigenvalue weighted by molar-refractivity contribution is 5.93. The molecule has 0 aliphatic heterocycles. The Morgan fingerprint density at radius 3 is 1.95 bits per heavy atom. The molecule has 22 heavy (non-hydrogen) atoms. The van der Waals surface area contributed by atoms with Gasteiger partial charge in [0.05, 0.1) is 12.4 Å². The molecule has 2 saturated carbocycles. The number of aromatic carboxylic acids is 1. The predicted octanol–water partition coefficient (Wildman–Crippen LogP) is 2.36. The van der Waals surface area contributed by atoms with Crippen LogP contribution in [0.25, 0.3) is 0 Å². The van der Waals surface area contributed by atoms with E-state index in [1.807, 2.05) is 4.90 Å². The third-order valence-electron chi connectivity index (χ3n) is 4.64. The molecular weight excluding hydrogens is 282 g/mol. The number of carbonyl (C=O) groups is 2. The fraction of sp³-hybridized carbons (Fsp3) is 0.625. The molecule has 3 rings (SSSR count). The first-order chi connectivity index (χ1) is 10.6. The molecule has 118 valence electrons.